The minimum absolute atomic E-state index is 0.0183. The number of ether oxygens (including phenoxy) is 4. The van der Waals surface area contributed by atoms with Gasteiger partial charge in [0.05, 0.1) is 25.4 Å². The van der Waals surface area contributed by atoms with Gasteiger partial charge in [0.15, 0.2) is 0 Å². The van der Waals surface area contributed by atoms with Crippen LogP contribution in [0.4, 0.5) is 17.6 Å². The van der Waals surface area contributed by atoms with Gasteiger partial charge in [-0.05, 0) is 88.6 Å². The van der Waals surface area contributed by atoms with Crippen LogP contribution in [0.2, 0.25) is 0 Å². The first kappa shape index (κ1) is 37.1. The van der Waals surface area contributed by atoms with Crippen molar-refractivity contribution < 1.29 is 65.5 Å². The number of carbonyl (C=O) groups excluding carboxylic acids is 2. The van der Waals surface area contributed by atoms with E-state index in [-0.39, 0.29) is 45.9 Å². The van der Waals surface area contributed by atoms with Crippen LogP contribution in [-0.4, -0.2) is 86.8 Å². The molecule has 2 aliphatic carbocycles. The Bertz CT molecular complexity index is 1470. The van der Waals surface area contributed by atoms with Crippen LogP contribution in [0.15, 0.2) is 24.3 Å². The molecule has 2 saturated carbocycles. The first-order valence-corrected chi connectivity index (χ1v) is 15.1. The van der Waals surface area contributed by atoms with Crippen molar-refractivity contribution in [3.05, 3.63) is 35.4 Å². The molecule has 3 aliphatic rings. The fraction of sp³-hybridized carbons (Fsp3) is 0.533. The lowest BCUT2D eigenvalue weighted by Gasteiger charge is -2.32. The average Bonchev–Trinajstić information content (AvgIpc) is 3.92. The Hall–Kier alpha value is -3.73. The smallest absolute Gasteiger partial charge is 0.495 e. The Balaban J connectivity index is 0.000000224. The molecule has 4 N–H and O–H groups in total. The Morgan fingerprint density at radius 3 is 1.52 bits per heavy atom. The number of hydrogen-bond acceptors (Lipinski definition) is 10. The van der Waals surface area contributed by atoms with Crippen LogP contribution >= 0.6 is 0 Å². The van der Waals surface area contributed by atoms with Crippen molar-refractivity contribution in [3.8, 4) is 23.0 Å². The third-order valence-electron chi connectivity index (χ3n) is 8.15. The fourth-order valence-corrected chi connectivity index (χ4v) is 4.60. The predicted octanol–water partition coefficient (Wildman–Crippen LogP) is 2.36. The van der Waals surface area contributed by atoms with Crippen LogP contribution in [0.5, 0.6) is 23.0 Å². The van der Waals surface area contributed by atoms with Crippen molar-refractivity contribution in [1.82, 2.24) is 10.6 Å². The van der Waals surface area contributed by atoms with E-state index in [4.69, 9.17) is 28.8 Å². The summed E-state index contributed by atoms with van der Waals surface area (Å²) in [5.74, 6) is -1.81. The normalized spacial score (nSPS) is 17.8. The maximum atomic E-state index is 13.0. The number of nitrogens with one attached hydrogen (secondary N) is 2. The molecule has 5 rings (SSSR count). The molecule has 0 bridgehead atoms. The molecule has 0 aromatic heterocycles. The molecule has 48 heavy (non-hydrogen) atoms. The second-order valence-corrected chi connectivity index (χ2v) is 12.4. The van der Waals surface area contributed by atoms with Gasteiger partial charge in [0.25, 0.3) is 11.8 Å². The van der Waals surface area contributed by atoms with Crippen LogP contribution in [0.1, 0.15) is 74.1 Å². The molecule has 2 aromatic rings. The highest BCUT2D eigenvalue weighted by Gasteiger charge is 2.52. The van der Waals surface area contributed by atoms with E-state index in [9.17, 15) is 27.2 Å². The summed E-state index contributed by atoms with van der Waals surface area (Å²) in [7, 11) is -0.101. The van der Waals surface area contributed by atoms with Crippen molar-refractivity contribution in [2.24, 2.45) is 0 Å². The molecule has 2 amide bonds. The summed E-state index contributed by atoms with van der Waals surface area (Å²) in [4.78, 5) is 24.7. The lowest BCUT2D eigenvalue weighted by Crippen LogP contribution is -2.41. The zero-order valence-electron chi connectivity index (χ0n) is 27.3. The Kier molecular flexibility index (Phi) is 11.4. The monoisotopic (exact) mass is 684 g/mol. The van der Waals surface area contributed by atoms with Gasteiger partial charge in [-0.2, -0.15) is 17.6 Å². The third-order valence-corrected chi connectivity index (χ3v) is 8.15. The maximum absolute atomic E-state index is 13.0. The summed E-state index contributed by atoms with van der Waals surface area (Å²) >= 11 is 0. The van der Waals surface area contributed by atoms with Crippen LogP contribution in [-0.2, 0) is 9.31 Å². The zero-order chi connectivity index (χ0) is 35.6. The van der Waals surface area contributed by atoms with Crippen molar-refractivity contribution in [3.63, 3.8) is 0 Å². The molecule has 18 heteroatoms. The van der Waals surface area contributed by atoms with Crippen molar-refractivity contribution in [2.45, 2.75) is 89.9 Å². The predicted molar refractivity (Wildman–Crippen MR) is 166 cm³/mol. The van der Waals surface area contributed by atoms with E-state index in [0.717, 1.165) is 31.7 Å². The molecule has 0 unspecified atom stereocenters. The van der Waals surface area contributed by atoms with E-state index in [1.165, 1.54) is 26.4 Å². The lowest BCUT2D eigenvalue weighted by molar-refractivity contribution is -0.0509. The summed E-state index contributed by atoms with van der Waals surface area (Å²) in [5, 5.41) is 23.7. The molecular formula is C30H38B2F4N2O10. The van der Waals surface area contributed by atoms with Crippen molar-refractivity contribution in [1.29, 1.82) is 0 Å². The van der Waals surface area contributed by atoms with E-state index < -0.39 is 56.2 Å². The van der Waals surface area contributed by atoms with E-state index in [1.54, 1.807) is 6.07 Å². The van der Waals surface area contributed by atoms with E-state index in [0.29, 0.717) is 5.46 Å². The minimum Gasteiger partial charge on any atom is -0.496 e. The molecule has 1 aliphatic heterocycles. The number of alkyl halides is 4. The van der Waals surface area contributed by atoms with Crippen LogP contribution in [0, 0.1) is 0 Å². The number of carbonyl (C=O) groups is 2. The maximum Gasteiger partial charge on any atom is 0.495 e. The first-order valence-electron chi connectivity index (χ1n) is 15.1. The summed E-state index contributed by atoms with van der Waals surface area (Å²) in [6.07, 6.45) is 3.38. The summed E-state index contributed by atoms with van der Waals surface area (Å²) in [6.45, 7) is 1.30. The van der Waals surface area contributed by atoms with Gasteiger partial charge < -0.3 is 48.9 Å². The quantitative estimate of drug-likeness (QED) is 0.194. The molecule has 0 spiro atoms. The largest absolute Gasteiger partial charge is 0.496 e. The third kappa shape index (κ3) is 9.03. The summed E-state index contributed by atoms with van der Waals surface area (Å²) < 4.78 is 82.1. The number of halogens is 4. The van der Waals surface area contributed by atoms with Crippen LogP contribution in [0.25, 0.3) is 0 Å². The Morgan fingerprint density at radius 1 is 0.771 bits per heavy atom. The summed E-state index contributed by atoms with van der Waals surface area (Å²) in [6, 6.07) is 5.14. The van der Waals surface area contributed by atoms with Crippen molar-refractivity contribution in [2.75, 3.05) is 14.2 Å². The number of rotatable bonds is 12. The first-order chi connectivity index (χ1) is 22.5. The number of methoxy groups -OCH3 is 2. The molecule has 1 heterocycles. The molecule has 2 aromatic carbocycles. The highest BCUT2D eigenvalue weighted by molar-refractivity contribution is 6.62. The highest BCUT2D eigenvalue weighted by Crippen LogP contribution is 2.38. The topological polar surface area (TPSA) is 154 Å². The minimum atomic E-state index is -3.16. The molecule has 3 fully saturated rings. The number of amides is 2. The Labute approximate surface area is 275 Å². The van der Waals surface area contributed by atoms with Gasteiger partial charge in [-0.15, -0.1) is 0 Å². The second kappa shape index (κ2) is 14.8. The van der Waals surface area contributed by atoms with Gasteiger partial charge in [-0.25, -0.2) is 0 Å². The van der Waals surface area contributed by atoms with Gasteiger partial charge in [0.2, 0.25) is 0 Å². The molecule has 12 nitrogen and oxygen atoms in total. The molecule has 1 saturated heterocycles. The van der Waals surface area contributed by atoms with Gasteiger partial charge in [-0.1, -0.05) is 0 Å². The van der Waals surface area contributed by atoms with Gasteiger partial charge in [0.1, 0.15) is 34.1 Å². The fourth-order valence-electron chi connectivity index (χ4n) is 4.60. The number of benzene rings is 2. The molecule has 0 atom stereocenters. The molecule has 262 valence electrons. The summed E-state index contributed by atoms with van der Waals surface area (Å²) in [5.41, 5.74) is -1.15. The van der Waals surface area contributed by atoms with E-state index in [1.807, 2.05) is 27.7 Å². The van der Waals surface area contributed by atoms with Crippen molar-refractivity contribution >= 4 is 37.0 Å². The van der Waals surface area contributed by atoms with E-state index >= 15 is 0 Å². The SMILES string of the molecule is COc1cc(B(O)O)cc(OC(F)F)c1C(=O)NC1CC1.COc1cc(B2OC(C)(C)C(C)(C)O2)cc(OC(F)F)c1C(=O)NC1CC1. The van der Waals surface area contributed by atoms with Gasteiger partial charge in [-0.3, -0.25) is 9.59 Å². The van der Waals surface area contributed by atoms with Crippen LogP contribution in [0.3, 0.4) is 0 Å². The average molecular weight is 684 g/mol. The van der Waals surface area contributed by atoms with E-state index in [2.05, 4.69) is 20.1 Å². The van der Waals surface area contributed by atoms with Gasteiger partial charge >= 0.3 is 27.5 Å². The van der Waals surface area contributed by atoms with Gasteiger partial charge in [0, 0.05) is 12.1 Å². The second-order valence-electron chi connectivity index (χ2n) is 12.4. The number of hydrogen-bond donors (Lipinski definition) is 4. The lowest BCUT2D eigenvalue weighted by atomic mass is 9.78. The standard InChI is InChI=1S/C18H24BF2NO5.C12H14BF2NO5/c1-17(2)18(3,4)27-19(26-17)10-8-12(24-5)14(13(9-10)25-16(20)21)15(23)22-11-6-7-11;1-20-8-4-6(13(18)19)5-9(21-12(14)15)10(8)11(17)16-7-2-3-7/h8-9,11,16H,6-7H2,1-5H3,(H,22,23);4-5,7,12,18-19H,2-3H2,1H3,(H,16,17). The molecule has 0 radical (unpaired) electrons. The molecular weight excluding hydrogens is 646 g/mol. The highest BCUT2D eigenvalue weighted by atomic mass is 19.3. The Morgan fingerprint density at radius 2 is 1.15 bits per heavy atom. The zero-order valence-corrected chi connectivity index (χ0v) is 27.3. The van der Waals surface area contributed by atoms with Crippen LogP contribution < -0.4 is 40.5 Å².